The lowest BCUT2D eigenvalue weighted by atomic mass is 10.2. The van der Waals surface area contributed by atoms with Crippen molar-refractivity contribution in [3.8, 4) is 0 Å². The minimum Gasteiger partial charge on any atom is -0.383 e. The molecule has 1 N–H and O–H groups in total. The molecule has 4 rings (SSSR count). The van der Waals surface area contributed by atoms with Crippen LogP contribution in [0.4, 0.5) is 0 Å². The van der Waals surface area contributed by atoms with Crippen LogP contribution in [0.1, 0.15) is 28.3 Å². The number of amides is 1. The zero-order valence-corrected chi connectivity index (χ0v) is 16.4. The summed E-state index contributed by atoms with van der Waals surface area (Å²) in [7, 11) is 1.60. The topological polar surface area (TPSA) is 77.6 Å². The fourth-order valence-electron chi connectivity index (χ4n) is 3.23. The smallest absolute Gasteiger partial charge is 0.277 e. The molecule has 3 aromatic heterocycles. The van der Waals surface area contributed by atoms with E-state index in [1.165, 1.54) is 0 Å². The SMILES string of the molecule is COCCn1c(=O)c2cc(C(=O)N[C@@H](C)c3cccs3)nn2c2ccccc21. The van der Waals surface area contributed by atoms with Crippen molar-refractivity contribution in [3.63, 3.8) is 0 Å². The van der Waals surface area contributed by atoms with Crippen LogP contribution in [0.3, 0.4) is 0 Å². The van der Waals surface area contributed by atoms with Gasteiger partial charge in [-0.3, -0.25) is 9.59 Å². The molecule has 0 spiro atoms. The number of ether oxygens (including phenoxy) is 1. The third kappa shape index (κ3) is 3.21. The molecule has 0 saturated heterocycles. The molecule has 144 valence electrons. The Balaban J connectivity index is 1.78. The molecule has 1 atom stereocenters. The summed E-state index contributed by atoms with van der Waals surface area (Å²) in [4.78, 5) is 26.8. The first-order valence-corrected chi connectivity index (χ1v) is 9.82. The van der Waals surface area contributed by atoms with Crippen molar-refractivity contribution in [1.82, 2.24) is 19.5 Å². The van der Waals surface area contributed by atoms with Gasteiger partial charge >= 0.3 is 0 Å². The van der Waals surface area contributed by atoms with E-state index in [1.54, 1.807) is 33.6 Å². The summed E-state index contributed by atoms with van der Waals surface area (Å²) in [6.45, 7) is 2.76. The number of carbonyl (C=O) groups excluding carboxylic acids is 1. The highest BCUT2D eigenvalue weighted by Gasteiger charge is 2.19. The molecule has 0 aliphatic rings. The van der Waals surface area contributed by atoms with Crippen LogP contribution in [0.2, 0.25) is 0 Å². The fraction of sp³-hybridized carbons (Fsp3) is 0.250. The third-order valence-electron chi connectivity index (χ3n) is 4.64. The molecule has 4 aromatic rings. The molecule has 7 nitrogen and oxygen atoms in total. The maximum atomic E-state index is 13.0. The number of rotatable bonds is 6. The van der Waals surface area contributed by atoms with E-state index < -0.39 is 0 Å². The third-order valence-corrected chi connectivity index (χ3v) is 5.70. The van der Waals surface area contributed by atoms with Crippen molar-refractivity contribution in [2.24, 2.45) is 0 Å². The van der Waals surface area contributed by atoms with Crippen LogP contribution in [-0.2, 0) is 11.3 Å². The molecule has 28 heavy (non-hydrogen) atoms. The van der Waals surface area contributed by atoms with Crippen LogP contribution in [0.15, 0.2) is 52.6 Å². The predicted octanol–water partition coefficient (Wildman–Crippen LogP) is 2.85. The van der Waals surface area contributed by atoms with Crippen LogP contribution < -0.4 is 10.9 Å². The van der Waals surface area contributed by atoms with Crippen LogP contribution >= 0.6 is 11.3 Å². The average Bonchev–Trinajstić information content (AvgIpc) is 3.38. The Morgan fingerprint density at radius 2 is 2.00 bits per heavy atom. The molecule has 0 aliphatic carbocycles. The van der Waals surface area contributed by atoms with E-state index in [0.29, 0.717) is 18.7 Å². The number of carbonyl (C=O) groups is 1. The van der Waals surface area contributed by atoms with E-state index in [-0.39, 0.29) is 23.2 Å². The molecule has 0 aliphatic heterocycles. The average molecular weight is 396 g/mol. The molecule has 0 unspecified atom stereocenters. The number of hydrogen-bond acceptors (Lipinski definition) is 5. The van der Waals surface area contributed by atoms with Crippen molar-refractivity contribution < 1.29 is 9.53 Å². The van der Waals surface area contributed by atoms with Gasteiger partial charge in [-0.25, -0.2) is 4.52 Å². The van der Waals surface area contributed by atoms with Gasteiger partial charge in [0.25, 0.3) is 11.5 Å². The summed E-state index contributed by atoms with van der Waals surface area (Å²) in [5, 5.41) is 9.33. The lowest BCUT2D eigenvalue weighted by molar-refractivity contribution is 0.0935. The largest absolute Gasteiger partial charge is 0.383 e. The van der Waals surface area contributed by atoms with E-state index in [4.69, 9.17) is 4.74 Å². The monoisotopic (exact) mass is 396 g/mol. The zero-order chi connectivity index (χ0) is 19.7. The Bertz CT molecular complexity index is 1190. The number of benzene rings is 1. The molecule has 8 heteroatoms. The Labute approximate surface area is 165 Å². The highest BCUT2D eigenvalue weighted by Crippen LogP contribution is 2.19. The van der Waals surface area contributed by atoms with Crippen molar-refractivity contribution in [1.29, 1.82) is 0 Å². The maximum absolute atomic E-state index is 13.0. The highest BCUT2D eigenvalue weighted by molar-refractivity contribution is 7.10. The summed E-state index contributed by atoms with van der Waals surface area (Å²) in [5.41, 5.74) is 1.89. The highest BCUT2D eigenvalue weighted by atomic mass is 32.1. The zero-order valence-electron chi connectivity index (χ0n) is 15.6. The van der Waals surface area contributed by atoms with Crippen molar-refractivity contribution >= 4 is 33.8 Å². The molecular formula is C20H20N4O3S. The quantitative estimate of drug-likeness (QED) is 0.544. The number of para-hydroxylation sites is 2. The van der Waals surface area contributed by atoms with Gasteiger partial charge in [0.2, 0.25) is 0 Å². The van der Waals surface area contributed by atoms with Gasteiger partial charge in [-0.2, -0.15) is 5.10 Å². The van der Waals surface area contributed by atoms with Crippen LogP contribution in [0, 0.1) is 0 Å². The normalized spacial score (nSPS) is 12.5. The van der Waals surface area contributed by atoms with Gasteiger partial charge in [0, 0.05) is 24.6 Å². The second-order valence-electron chi connectivity index (χ2n) is 6.48. The number of nitrogens with one attached hydrogen (secondary N) is 1. The Morgan fingerprint density at radius 1 is 1.21 bits per heavy atom. The maximum Gasteiger partial charge on any atom is 0.277 e. The Kier molecular flexibility index (Phi) is 4.97. The van der Waals surface area contributed by atoms with Gasteiger partial charge in [0.15, 0.2) is 5.69 Å². The molecular weight excluding hydrogens is 376 g/mol. The Morgan fingerprint density at radius 3 is 2.71 bits per heavy atom. The minimum absolute atomic E-state index is 0.132. The molecule has 1 amide bonds. The first-order chi connectivity index (χ1) is 13.6. The molecule has 0 fully saturated rings. The van der Waals surface area contributed by atoms with Crippen LogP contribution in [0.5, 0.6) is 0 Å². The molecule has 1 aromatic carbocycles. The van der Waals surface area contributed by atoms with E-state index in [0.717, 1.165) is 15.9 Å². The van der Waals surface area contributed by atoms with Crippen molar-refractivity contribution in [2.75, 3.05) is 13.7 Å². The van der Waals surface area contributed by atoms with Gasteiger partial charge in [0.1, 0.15) is 5.52 Å². The Hall–Kier alpha value is -2.97. The summed E-state index contributed by atoms with van der Waals surface area (Å²) < 4.78 is 8.34. The van der Waals surface area contributed by atoms with Gasteiger partial charge in [-0.1, -0.05) is 18.2 Å². The van der Waals surface area contributed by atoms with Crippen LogP contribution in [0.25, 0.3) is 16.6 Å². The van der Waals surface area contributed by atoms with Crippen LogP contribution in [-0.4, -0.2) is 33.8 Å². The number of thiophene rings is 1. The predicted molar refractivity (Wildman–Crippen MR) is 109 cm³/mol. The first-order valence-electron chi connectivity index (χ1n) is 8.94. The van der Waals surface area contributed by atoms with Gasteiger partial charge < -0.3 is 14.6 Å². The molecule has 0 saturated carbocycles. The number of methoxy groups -OCH3 is 1. The number of fused-ring (bicyclic) bond motifs is 3. The summed E-state index contributed by atoms with van der Waals surface area (Å²) in [5.74, 6) is -0.309. The molecule has 3 heterocycles. The molecule has 0 radical (unpaired) electrons. The van der Waals surface area contributed by atoms with E-state index >= 15 is 0 Å². The van der Waals surface area contributed by atoms with Crippen molar-refractivity contribution in [3.05, 3.63) is 68.8 Å². The lowest BCUT2D eigenvalue weighted by Gasteiger charge is -2.11. The van der Waals surface area contributed by atoms with E-state index in [1.807, 2.05) is 48.7 Å². The molecule has 0 bridgehead atoms. The number of nitrogens with zero attached hydrogens (tertiary/aromatic N) is 3. The number of aromatic nitrogens is 3. The standard InChI is InChI=1S/C20H20N4O3S/c1-13(18-8-5-11-28-18)21-19(25)14-12-17-20(26)23(9-10-27-2)15-6-3-4-7-16(15)24(17)22-14/h3-8,11-13H,9-10H2,1-2H3,(H,21,25)/t13-/m0/s1. The first kappa shape index (κ1) is 18.4. The second-order valence-corrected chi connectivity index (χ2v) is 7.45. The summed E-state index contributed by atoms with van der Waals surface area (Å²) in [6.07, 6.45) is 0. The number of hydrogen-bond donors (Lipinski definition) is 1. The minimum atomic E-state index is -0.309. The van der Waals surface area contributed by atoms with E-state index in [2.05, 4.69) is 10.4 Å². The second kappa shape index (κ2) is 7.57. The van der Waals surface area contributed by atoms with E-state index in [9.17, 15) is 9.59 Å². The van der Waals surface area contributed by atoms with Gasteiger partial charge in [-0.05, 0) is 30.5 Å². The fourth-order valence-corrected chi connectivity index (χ4v) is 3.97. The van der Waals surface area contributed by atoms with Gasteiger partial charge in [0.05, 0.1) is 23.7 Å². The van der Waals surface area contributed by atoms with Gasteiger partial charge in [-0.15, -0.1) is 11.3 Å². The van der Waals surface area contributed by atoms with Crippen molar-refractivity contribution in [2.45, 2.75) is 19.5 Å². The summed E-state index contributed by atoms with van der Waals surface area (Å²) in [6, 6.07) is 12.8. The lowest BCUT2D eigenvalue weighted by Crippen LogP contribution is -2.26. The summed E-state index contributed by atoms with van der Waals surface area (Å²) >= 11 is 1.58.